The SMILES string of the molecule is Cc1cccc(NC2(CO)CCCCC2C(C)C)c1. The highest BCUT2D eigenvalue weighted by atomic mass is 16.3. The first-order valence-corrected chi connectivity index (χ1v) is 7.53. The van der Waals surface area contributed by atoms with Gasteiger partial charge in [-0.05, 0) is 49.3 Å². The number of nitrogens with one attached hydrogen (secondary N) is 1. The van der Waals surface area contributed by atoms with E-state index in [-0.39, 0.29) is 12.1 Å². The van der Waals surface area contributed by atoms with E-state index in [4.69, 9.17) is 0 Å². The summed E-state index contributed by atoms with van der Waals surface area (Å²) >= 11 is 0. The van der Waals surface area contributed by atoms with Crippen LogP contribution < -0.4 is 5.32 Å². The molecule has 1 saturated carbocycles. The maximum absolute atomic E-state index is 10.0. The lowest BCUT2D eigenvalue weighted by Crippen LogP contribution is -2.52. The van der Waals surface area contributed by atoms with E-state index in [0.717, 1.165) is 12.1 Å². The second kappa shape index (κ2) is 5.96. The van der Waals surface area contributed by atoms with Crippen LogP contribution in [0.2, 0.25) is 0 Å². The van der Waals surface area contributed by atoms with Gasteiger partial charge in [0, 0.05) is 5.69 Å². The number of aliphatic hydroxyl groups excluding tert-OH is 1. The van der Waals surface area contributed by atoms with Crippen molar-refractivity contribution in [2.75, 3.05) is 11.9 Å². The molecule has 0 saturated heterocycles. The highest BCUT2D eigenvalue weighted by Gasteiger charge is 2.41. The zero-order valence-electron chi connectivity index (χ0n) is 12.4. The minimum Gasteiger partial charge on any atom is -0.394 e. The number of hydrogen-bond donors (Lipinski definition) is 2. The molecule has 2 N–H and O–H groups in total. The molecule has 2 atom stereocenters. The van der Waals surface area contributed by atoms with Crippen molar-refractivity contribution < 1.29 is 5.11 Å². The van der Waals surface area contributed by atoms with E-state index >= 15 is 0 Å². The quantitative estimate of drug-likeness (QED) is 0.859. The molecule has 2 nitrogen and oxygen atoms in total. The molecule has 106 valence electrons. The lowest BCUT2D eigenvalue weighted by molar-refractivity contribution is 0.0898. The molecule has 1 fully saturated rings. The van der Waals surface area contributed by atoms with E-state index in [9.17, 15) is 5.11 Å². The van der Waals surface area contributed by atoms with E-state index in [1.807, 2.05) is 0 Å². The summed E-state index contributed by atoms with van der Waals surface area (Å²) in [5.74, 6) is 1.15. The smallest absolute Gasteiger partial charge is 0.0664 e. The van der Waals surface area contributed by atoms with E-state index in [0.29, 0.717) is 11.8 Å². The second-order valence-corrected chi connectivity index (χ2v) is 6.41. The van der Waals surface area contributed by atoms with E-state index in [2.05, 4.69) is 50.4 Å². The van der Waals surface area contributed by atoms with Crippen molar-refractivity contribution in [1.29, 1.82) is 0 Å². The third-order valence-corrected chi connectivity index (χ3v) is 4.60. The van der Waals surface area contributed by atoms with Crippen LogP contribution in [0.1, 0.15) is 45.1 Å². The average Bonchev–Trinajstić information content (AvgIpc) is 2.39. The summed E-state index contributed by atoms with van der Waals surface area (Å²) in [6.45, 7) is 6.89. The normalized spacial score (nSPS) is 27.5. The van der Waals surface area contributed by atoms with Crippen molar-refractivity contribution in [2.24, 2.45) is 11.8 Å². The number of rotatable bonds is 4. The number of aryl methyl sites for hydroxylation is 1. The Hall–Kier alpha value is -1.02. The van der Waals surface area contributed by atoms with Crippen LogP contribution in [-0.4, -0.2) is 17.3 Å². The van der Waals surface area contributed by atoms with Crippen LogP contribution in [0.15, 0.2) is 24.3 Å². The Balaban J connectivity index is 2.25. The molecule has 19 heavy (non-hydrogen) atoms. The van der Waals surface area contributed by atoms with E-state index < -0.39 is 0 Å². The third-order valence-electron chi connectivity index (χ3n) is 4.60. The number of hydrogen-bond acceptors (Lipinski definition) is 2. The first kappa shape index (κ1) is 14.4. The lowest BCUT2D eigenvalue weighted by Gasteiger charge is -2.46. The van der Waals surface area contributed by atoms with Crippen LogP contribution >= 0.6 is 0 Å². The minimum atomic E-state index is -0.139. The van der Waals surface area contributed by atoms with E-state index in [1.54, 1.807) is 0 Å². The molecule has 0 bridgehead atoms. The molecule has 0 heterocycles. The first-order valence-electron chi connectivity index (χ1n) is 7.53. The molecule has 0 radical (unpaired) electrons. The topological polar surface area (TPSA) is 32.3 Å². The van der Waals surface area contributed by atoms with Crippen LogP contribution in [-0.2, 0) is 0 Å². The Morgan fingerprint density at radius 1 is 1.37 bits per heavy atom. The van der Waals surface area contributed by atoms with Gasteiger partial charge in [-0.2, -0.15) is 0 Å². The fourth-order valence-corrected chi connectivity index (χ4v) is 3.64. The lowest BCUT2D eigenvalue weighted by atomic mass is 9.68. The van der Waals surface area contributed by atoms with Crippen molar-refractivity contribution in [2.45, 2.75) is 52.0 Å². The van der Waals surface area contributed by atoms with Gasteiger partial charge in [0.2, 0.25) is 0 Å². The summed E-state index contributed by atoms with van der Waals surface area (Å²) in [6.07, 6.45) is 4.79. The van der Waals surface area contributed by atoms with Gasteiger partial charge in [0.05, 0.1) is 12.1 Å². The third kappa shape index (κ3) is 3.11. The van der Waals surface area contributed by atoms with Crippen LogP contribution in [0.25, 0.3) is 0 Å². The van der Waals surface area contributed by atoms with Gasteiger partial charge < -0.3 is 10.4 Å². The molecule has 0 aromatic heterocycles. The maximum atomic E-state index is 10.0. The molecule has 0 aliphatic heterocycles. The van der Waals surface area contributed by atoms with Gasteiger partial charge in [-0.15, -0.1) is 0 Å². The summed E-state index contributed by atoms with van der Waals surface area (Å²) < 4.78 is 0. The predicted octanol–water partition coefficient (Wildman–Crippen LogP) is 3.98. The van der Waals surface area contributed by atoms with Crippen molar-refractivity contribution in [3.05, 3.63) is 29.8 Å². The number of aliphatic hydroxyl groups is 1. The number of anilines is 1. The van der Waals surface area contributed by atoms with Gasteiger partial charge in [0.1, 0.15) is 0 Å². The molecule has 1 aliphatic rings. The van der Waals surface area contributed by atoms with Gasteiger partial charge in [-0.25, -0.2) is 0 Å². The molecule has 1 aromatic carbocycles. The zero-order chi connectivity index (χ0) is 13.9. The molecular formula is C17H27NO. The van der Waals surface area contributed by atoms with Crippen molar-refractivity contribution in [3.63, 3.8) is 0 Å². The fourth-order valence-electron chi connectivity index (χ4n) is 3.64. The Morgan fingerprint density at radius 2 is 2.16 bits per heavy atom. The minimum absolute atomic E-state index is 0.139. The maximum Gasteiger partial charge on any atom is 0.0664 e. The first-order chi connectivity index (χ1) is 9.07. The van der Waals surface area contributed by atoms with Gasteiger partial charge in [0.15, 0.2) is 0 Å². The predicted molar refractivity (Wildman–Crippen MR) is 81.4 cm³/mol. The Labute approximate surface area is 117 Å². The summed E-state index contributed by atoms with van der Waals surface area (Å²) in [4.78, 5) is 0. The fraction of sp³-hybridized carbons (Fsp3) is 0.647. The van der Waals surface area contributed by atoms with Gasteiger partial charge in [0.25, 0.3) is 0 Å². The molecule has 1 aromatic rings. The number of benzene rings is 1. The molecular weight excluding hydrogens is 234 g/mol. The van der Waals surface area contributed by atoms with Crippen LogP contribution in [0.4, 0.5) is 5.69 Å². The standard InChI is InChI=1S/C17H27NO/c1-13(2)16-9-4-5-10-17(16,12-19)18-15-8-6-7-14(3)11-15/h6-8,11,13,16,18-19H,4-5,9-10,12H2,1-3H3. The zero-order valence-corrected chi connectivity index (χ0v) is 12.4. The van der Waals surface area contributed by atoms with Crippen molar-refractivity contribution >= 4 is 5.69 Å². The van der Waals surface area contributed by atoms with Gasteiger partial charge in [-0.3, -0.25) is 0 Å². The Bertz CT molecular complexity index is 415. The summed E-state index contributed by atoms with van der Waals surface area (Å²) in [5.41, 5.74) is 2.26. The van der Waals surface area contributed by atoms with E-state index in [1.165, 1.54) is 24.8 Å². The molecule has 0 spiro atoms. The van der Waals surface area contributed by atoms with Crippen LogP contribution in [0.3, 0.4) is 0 Å². The second-order valence-electron chi connectivity index (χ2n) is 6.41. The van der Waals surface area contributed by atoms with Crippen molar-refractivity contribution in [3.8, 4) is 0 Å². The van der Waals surface area contributed by atoms with Gasteiger partial charge >= 0.3 is 0 Å². The van der Waals surface area contributed by atoms with Crippen LogP contribution in [0, 0.1) is 18.8 Å². The van der Waals surface area contributed by atoms with Crippen molar-refractivity contribution in [1.82, 2.24) is 0 Å². The van der Waals surface area contributed by atoms with Crippen LogP contribution in [0.5, 0.6) is 0 Å². The monoisotopic (exact) mass is 261 g/mol. The summed E-state index contributed by atoms with van der Waals surface area (Å²) in [5, 5.41) is 13.7. The molecule has 1 aliphatic carbocycles. The largest absolute Gasteiger partial charge is 0.394 e. The summed E-state index contributed by atoms with van der Waals surface area (Å²) in [7, 11) is 0. The Morgan fingerprint density at radius 3 is 2.79 bits per heavy atom. The molecule has 0 amide bonds. The Kier molecular flexibility index (Phi) is 4.51. The summed E-state index contributed by atoms with van der Waals surface area (Å²) in [6, 6.07) is 8.47. The molecule has 2 unspecified atom stereocenters. The average molecular weight is 261 g/mol. The molecule has 2 rings (SSSR count). The highest BCUT2D eigenvalue weighted by Crippen LogP contribution is 2.40. The highest BCUT2D eigenvalue weighted by molar-refractivity contribution is 5.48. The van der Waals surface area contributed by atoms with Gasteiger partial charge in [-0.1, -0.05) is 38.8 Å². The molecule has 2 heteroatoms.